The van der Waals surface area contributed by atoms with Crippen LogP contribution >= 0.6 is 23.2 Å². The summed E-state index contributed by atoms with van der Waals surface area (Å²) in [6, 6.07) is 23.0. The van der Waals surface area contributed by atoms with Crippen LogP contribution in [0.1, 0.15) is 23.1 Å². The molecule has 0 aliphatic carbocycles. The number of aliphatic hydroxyl groups is 1. The zero-order valence-corrected chi connectivity index (χ0v) is 21.6. The minimum atomic E-state index is -0.962. The Bertz CT molecular complexity index is 1160. The molecule has 0 bridgehead atoms. The van der Waals surface area contributed by atoms with E-state index in [9.17, 15) is 14.7 Å². The average molecular weight is 525 g/mol. The number of amides is 1. The number of Topliss-reactive ketones (excluding diaryl/α,β-unsaturated/α-hetero) is 1. The largest absolute Gasteiger partial charge is 0.385 e. The van der Waals surface area contributed by atoms with Crippen LogP contribution < -0.4 is 4.90 Å². The lowest BCUT2D eigenvalue weighted by Gasteiger charge is -2.36. The third-order valence-corrected chi connectivity index (χ3v) is 7.33. The number of anilines is 1. The Morgan fingerprint density at radius 1 is 0.778 bits per heavy atom. The Morgan fingerprint density at radius 3 is 2.06 bits per heavy atom. The molecule has 3 aromatic rings. The Morgan fingerprint density at radius 2 is 1.42 bits per heavy atom. The fourth-order valence-electron chi connectivity index (χ4n) is 4.43. The molecule has 1 fully saturated rings. The molecule has 1 saturated heterocycles. The molecule has 1 heterocycles. The predicted molar refractivity (Wildman–Crippen MR) is 145 cm³/mol. The van der Waals surface area contributed by atoms with Gasteiger partial charge in [0.05, 0.1) is 6.42 Å². The van der Waals surface area contributed by atoms with Crippen LogP contribution in [0.4, 0.5) is 5.69 Å². The second-order valence-corrected chi connectivity index (χ2v) is 9.91. The number of nitrogens with zero attached hydrogens (tertiary/aromatic N) is 2. The zero-order chi connectivity index (χ0) is 25.5. The Kier molecular flexibility index (Phi) is 9.03. The highest BCUT2D eigenvalue weighted by Gasteiger charge is 2.23. The van der Waals surface area contributed by atoms with Gasteiger partial charge in [-0.05, 0) is 53.8 Å². The standard InChI is InChI=1S/C29H30Cl2N2O3/c30-25-7-4-8-26(31)24(25)20-29(36)33-17-15-32(16-18-33)23-12-9-22(10-13-23)19-28(35)27(34)14-11-21-5-2-1-3-6-21/h1-10,12-13,27,34H,11,14-20H2. The summed E-state index contributed by atoms with van der Waals surface area (Å²) in [6.45, 7) is 2.68. The molecule has 0 saturated carbocycles. The molecule has 1 amide bonds. The summed E-state index contributed by atoms with van der Waals surface area (Å²) in [6.07, 6.45) is 0.539. The smallest absolute Gasteiger partial charge is 0.227 e. The number of hydrogen-bond donors (Lipinski definition) is 1. The summed E-state index contributed by atoms with van der Waals surface area (Å²) >= 11 is 12.4. The first-order chi connectivity index (χ1) is 17.4. The molecule has 1 unspecified atom stereocenters. The monoisotopic (exact) mass is 524 g/mol. The van der Waals surface area contributed by atoms with Crippen LogP contribution in [-0.2, 0) is 28.9 Å². The zero-order valence-electron chi connectivity index (χ0n) is 20.1. The molecular weight excluding hydrogens is 495 g/mol. The van der Waals surface area contributed by atoms with Crippen LogP contribution in [0, 0.1) is 0 Å². The third kappa shape index (κ3) is 6.88. The third-order valence-electron chi connectivity index (χ3n) is 6.62. The van der Waals surface area contributed by atoms with Gasteiger partial charge in [-0.3, -0.25) is 9.59 Å². The van der Waals surface area contributed by atoms with E-state index >= 15 is 0 Å². The van der Waals surface area contributed by atoms with E-state index in [1.807, 2.05) is 59.5 Å². The highest BCUT2D eigenvalue weighted by molar-refractivity contribution is 6.36. The van der Waals surface area contributed by atoms with Crippen molar-refractivity contribution in [3.8, 4) is 0 Å². The maximum atomic E-state index is 12.8. The summed E-state index contributed by atoms with van der Waals surface area (Å²) in [5.74, 6) is -0.145. The SMILES string of the molecule is O=C(Cc1ccc(N2CCN(C(=O)Cc3c(Cl)cccc3Cl)CC2)cc1)C(O)CCc1ccccc1. The molecule has 0 spiro atoms. The number of rotatable bonds is 9. The van der Waals surface area contributed by atoms with Crippen LogP contribution in [0.25, 0.3) is 0 Å². The van der Waals surface area contributed by atoms with Crippen molar-refractivity contribution in [3.63, 3.8) is 0 Å². The lowest BCUT2D eigenvalue weighted by Crippen LogP contribution is -2.49. The molecular formula is C29H30Cl2N2O3. The van der Waals surface area contributed by atoms with Crippen molar-refractivity contribution >= 4 is 40.6 Å². The number of hydrogen-bond acceptors (Lipinski definition) is 4. The number of aryl methyl sites for hydroxylation is 1. The average Bonchev–Trinajstić information content (AvgIpc) is 2.90. The molecule has 4 rings (SSSR count). The first kappa shape index (κ1) is 26.2. The molecule has 0 aromatic heterocycles. The normalized spacial score (nSPS) is 14.5. The van der Waals surface area contributed by atoms with Gasteiger partial charge in [-0.1, -0.05) is 71.7 Å². The fourth-order valence-corrected chi connectivity index (χ4v) is 4.96. The Hall–Kier alpha value is -2.86. The molecule has 188 valence electrons. The van der Waals surface area contributed by atoms with E-state index in [0.717, 1.165) is 29.9 Å². The fraction of sp³-hybridized carbons (Fsp3) is 0.310. The van der Waals surface area contributed by atoms with Crippen molar-refractivity contribution < 1.29 is 14.7 Å². The minimum absolute atomic E-state index is 0.0179. The molecule has 1 aliphatic rings. The quantitative estimate of drug-likeness (QED) is 0.428. The minimum Gasteiger partial charge on any atom is -0.385 e. The lowest BCUT2D eigenvalue weighted by molar-refractivity contribution is -0.130. The molecule has 3 aromatic carbocycles. The second-order valence-electron chi connectivity index (χ2n) is 9.09. The van der Waals surface area contributed by atoms with Crippen molar-refractivity contribution in [2.45, 2.75) is 31.8 Å². The van der Waals surface area contributed by atoms with Gasteiger partial charge in [-0.25, -0.2) is 0 Å². The molecule has 36 heavy (non-hydrogen) atoms. The highest BCUT2D eigenvalue weighted by Crippen LogP contribution is 2.26. The van der Waals surface area contributed by atoms with Crippen LogP contribution in [0.3, 0.4) is 0 Å². The number of carbonyl (C=O) groups excluding carboxylic acids is 2. The summed E-state index contributed by atoms with van der Waals surface area (Å²) in [5.41, 5.74) is 3.72. The summed E-state index contributed by atoms with van der Waals surface area (Å²) in [5, 5.41) is 11.3. The van der Waals surface area contributed by atoms with Crippen molar-refractivity contribution in [3.05, 3.63) is 99.5 Å². The highest BCUT2D eigenvalue weighted by atomic mass is 35.5. The predicted octanol–water partition coefficient (Wildman–Crippen LogP) is 4.99. The first-order valence-corrected chi connectivity index (χ1v) is 13.0. The van der Waals surface area contributed by atoms with Crippen molar-refractivity contribution in [2.75, 3.05) is 31.1 Å². The van der Waals surface area contributed by atoms with Crippen molar-refractivity contribution in [2.24, 2.45) is 0 Å². The molecule has 5 nitrogen and oxygen atoms in total. The van der Waals surface area contributed by atoms with E-state index in [1.165, 1.54) is 0 Å². The van der Waals surface area contributed by atoms with Gasteiger partial charge in [-0.2, -0.15) is 0 Å². The molecule has 1 N–H and O–H groups in total. The van der Waals surface area contributed by atoms with Gasteiger partial charge in [0.15, 0.2) is 5.78 Å². The summed E-state index contributed by atoms with van der Waals surface area (Å²) in [7, 11) is 0. The van der Waals surface area contributed by atoms with Gasteiger partial charge in [0, 0.05) is 48.3 Å². The topological polar surface area (TPSA) is 60.9 Å². The van der Waals surface area contributed by atoms with E-state index < -0.39 is 6.10 Å². The number of aliphatic hydroxyl groups excluding tert-OH is 1. The Balaban J connectivity index is 1.24. The van der Waals surface area contributed by atoms with Crippen molar-refractivity contribution in [1.82, 2.24) is 4.90 Å². The lowest BCUT2D eigenvalue weighted by atomic mass is 10.00. The number of carbonyl (C=O) groups is 2. The van der Waals surface area contributed by atoms with Gasteiger partial charge in [-0.15, -0.1) is 0 Å². The summed E-state index contributed by atoms with van der Waals surface area (Å²) in [4.78, 5) is 29.3. The van der Waals surface area contributed by atoms with Gasteiger partial charge in [0.25, 0.3) is 0 Å². The van der Waals surface area contributed by atoms with Crippen LogP contribution in [0.15, 0.2) is 72.8 Å². The van der Waals surface area contributed by atoms with Crippen LogP contribution in [0.5, 0.6) is 0 Å². The van der Waals surface area contributed by atoms with Gasteiger partial charge in [0.1, 0.15) is 6.10 Å². The number of halogens is 2. The van der Waals surface area contributed by atoms with E-state index in [0.29, 0.717) is 41.5 Å². The van der Waals surface area contributed by atoms with Crippen LogP contribution in [0.2, 0.25) is 10.0 Å². The summed E-state index contributed by atoms with van der Waals surface area (Å²) < 4.78 is 0. The number of ketones is 1. The number of benzene rings is 3. The van der Waals surface area contributed by atoms with E-state index in [2.05, 4.69) is 4.90 Å². The first-order valence-electron chi connectivity index (χ1n) is 12.2. The van der Waals surface area contributed by atoms with Gasteiger partial charge < -0.3 is 14.9 Å². The maximum absolute atomic E-state index is 12.8. The van der Waals surface area contributed by atoms with Crippen molar-refractivity contribution in [1.29, 1.82) is 0 Å². The van der Waals surface area contributed by atoms with Gasteiger partial charge in [0.2, 0.25) is 5.91 Å². The Labute approximate surface area is 222 Å². The molecule has 1 atom stereocenters. The van der Waals surface area contributed by atoms with E-state index in [4.69, 9.17) is 23.2 Å². The maximum Gasteiger partial charge on any atom is 0.227 e. The number of piperazine rings is 1. The molecule has 0 radical (unpaired) electrons. The van der Waals surface area contributed by atoms with Gasteiger partial charge >= 0.3 is 0 Å². The van der Waals surface area contributed by atoms with E-state index in [-0.39, 0.29) is 24.5 Å². The molecule has 7 heteroatoms. The van der Waals surface area contributed by atoms with Crippen LogP contribution in [-0.4, -0.2) is 54.0 Å². The van der Waals surface area contributed by atoms with E-state index in [1.54, 1.807) is 18.2 Å². The second kappa shape index (κ2) is 12.4. The molecule has 1 aliphatic heterocycles.